The molecule has 0 saturated carbocycles. The molecule has 19 heavy (non-hydrogen) atoms. The average molecular weight is 251 g/mol. The van der Waals surface area contributed by atoms with E-state index in [1.54, 1.807) is 0 Å². The van der Waals surface area contributed by atoms with E-state index in [0.717, 1.165) is 29.0 Å². The highest BCUT2D eigenvalue weighted by molar-refractivity contribution is 5.78. The standard InChI is InChI=1S/C16H17N3/c1-12-18-15-4-2-3-5-16(15)19(12)14-8-6-13(7-9-14)10-11-17/h2-9H,10-11,17H2,1H3. The molecule has 2 N–H and O–H groups in total. The number of imidazole rings is 1. The first kappa shape index (κ1) is 11.9. The minimum absolute atomic E-state index is 0.687. The van der Waals surface area contributed by atoms with Gasteiger partial charge in [0.25, 0.3) is 0 Å². The van der Waals surface area contributed by atoms with Crippen LogP contribution < -0.4 is 5.73 Å². The van der Waals surface area contributed by atoms with Gasteiger partial charge in [0, 0.05) is 5.69 Å². The topological polar surface area (TPSA) is 43.8 Å². The van der Waals surface area contributed by atoms with Gasteiger partial charge in [-0.1, -0.05) is 24.3 Å². The van der Waals surface area contributed by atoms with Crippen molar-refractivity contribution in [2.24, 2.45) is 5.73 Å². The van der Waals surface area contributed by atoms with Crippen LogP contribution in [0.25, 0.3) is 16.7 Å². The van der Waals surface area contributed by atoms with Crippen LogP contribution in [-0.4, -0.2) is 16.1 Å². The number of nitrogens with zero attached hydrogens (tertiary/aromatic N) is 2. The van der Waals surface area contributed by atoms with Crippen molar-refractivity contribution < 1.29 is 0 Å². The summed E-state index contributed by atoms with van der Waals surface area (Å²) in [7, 11) is 0. The van der Waals surface area contributed by atoms with Crippen molar-refractivity contribution in [1.29, 1.82) is 0 Å². The molecule has 3 nitrogen and oxygen atoms in total. The van der Waals surface area contributed by atoms with Crippen LogP contribution in [-0.2, 0) is 6.42 Å². The molecule has 96 valence electrons. The number of aryl methyl sites for hydroxylation is 1. The molecule has 1 aromatic heterocycles. The van der Waals surface area contributed by atoms with Gasteiger partial charge in [0.1, 0.15) is 5.82 Å². The van der Waals surface area contributed by atoms with E-state index >= 15 is 0 Å². The molecule has 0 aliphatic heterocycles. The van der Waals surface area contributed by atoms with Gasteiger partial charge < -0.3 is 5.73 Å². The van der Waals surface area contributed by atoms with Crippen molar-refractivity contribution >= 4 is 11.0 Å². The first-order chi connectivity index (χ1) is 9.29. The minimum atomic E-state index is 0.687. The lowest BCUT2D eigenvalue weighted by molar-refractivity contribution is 0.960. The Hall–Kier alpha value is -2.13. The molecule has 0 aliphatic carbocycles. The van der Waals surface area contributed by atoms with E-state index in [2.05, 4.69) is 39.9 Å². The molecule has 0 bridgehead atoms. The van der Waals surface area contributed by atoms with Crippen LogP contribution >= 0.6 is 0 Å². The van der Waals surface area contributed by atoms with Gasteiger partial charge >= 0.3 is 0 Å². The van der Waals surface area contributed by atoms with Crippen LogP contribution in [0.2, 0.25) is 0 Å². The summed E-state index contributed by atoms with van der Waals surface area (Å²) in [6, 6.07) is 16.7. The van der Waals surface area contributed by atoms with E-state index in [9.17, 15) is 0 Å². The van der Waals surface area contributed by atoms with Crippen molar-refractivity contribution in [3.8, 4) is 5.69 Å². The van der Waals surface area contributed by atoms with Crippen molar-refractivity contribution in [1.82, 2.24) is 9.55 Å². The molecular weight excluding hydrogens is 234 g/mol. The third-order valence-corrected chi connectivity index (χ3v) is 3.36. The Morgan fingerprint density at radius 2 is 1.79 bits per heavy atom. The zero-order chi connectivity index (χ0) is 13.2. The summed E-state index contributed by atoms with van der Waals surface area (Å²) in [6.07, 6.45) is 0.921. The molecule has 0 aliphatic rings. The number of para-hydroxylation sites is 2. The first-order valence-electron chi connectivity index (χ1n) is 6.53. The van der Waals surface area contributed by atoms with E-state index in [1.807, 2.05) is 25.1 Å². The van der Waals surface area contributed by atoms with Crippen LogP contribution in [0.15, 0.2) is 48.5 Å². The highest BCUT2D eigenvalue weighted by Crippen LogP contribution is 2.21. The quantitative estimate of drug-likeness (QED) is 0.778. The van der Waals surface area contributed by atoms with E-state index in [0.29, 0.717) is 6.54 Å². The van der Waals surface area contributed by atoms with Crippen LogP contribution in [0, 0.1) is 6.92 Å². The lowest BCUT2D eigenvalue weighted by Gasteiger charge is -2.08. The first-order valence-corrected chi connectivity index (χ1v) is 6.53. The molecule has 0 radical (unpaired) electrons. The Morgan fingerprint density at radius 1 is 1.05 bits per heavy atom. The highest BCUT2D eigenvalue weighted by Gasteiger charge is 2.08. The summed E-state index contributed by atoms with van der Waals surface area (Å²) in [6.45, 7) is 2.72. The van der Waals surface area contributed by atoms with Gasteiger partial charge in [-0.3, -0.25) is 4.57 Å². The number of benzene rings is 2. The summed E-state index contributed by atoms with van der Waals surface area (Å²) in [4.78, 5) is 4.59. The van der Waals surface area contributed by atoms with Crippen LogP contribution in [0.4, 0.5) is 0 Å². The Morgan fingerprint density at radius 3 is 2.53 bits per heavy atom. The Bertz CT molecular complexity index is 696. The predicted octanol–water partition coefficient (Wildman–Crippen LogP) is 2.84. The molecule has 0 atom stereocenters. The molecule has 0 saturated heterocycles. The monoisotopic (exact) mass is 251 g/mol. The molecule has 0 spiro atoms. The zero-order valence-electron chi connectivity index (χ0n) is 11.0. The number of rotatable bonds is 3. The van der Waals surface area contributed by atoms with Gasteiger partial charge in [-0.25, -0.2) is 4.98 Å². The summed E-state index contributed by atoms with van der Waals surface area (Å²) in [5, 5.41) is 0. The molecule has 2 aromatic carbocycles. The van der Waals surface area contributed by atoms with Gasteiger partial charge in [0.2, 0.25) is 0 Å². The second-order valence-corrected chi connectivity index (χ2v) is 4.69. The Kier molecular flexibility index (Phi) is 3.05. The average Bonchev–Trinajstić information content (AvgIpc) is 2.76. The van der Waals surface area contributed by atoms with Crippen LogP contribution in [0.1, 0.15) is 11.4 Å². The minimum Gasteiger partial charge on any atom is -0.330 e. The second kappa shape index (κ2) is 4.86. The SMILES string of the molecule is Cc1nc2ccccc2n1-c1ccc(CCN)cc1. The highest BCUT2D eigenvalue weighted by atomic mass is 15.1. The van der Waals surface area contributed by atoms with Gasteiger partial charge in [0.15, 0.2) is 0 Å². The lowest BCUT2D eigenvalue weighted by atomic mass is 10.1. The fourth-order valence-electron chi connectivity index (χ4n) is 2.45. The second-order valence-electron chi connectivity index (χ2n) is 4.69. The van der Waals surface area contributed by atoms with Crippen molar-refractivity contribution in [2.75, 3.05) is 6.54 Å². The maximum Gasteiger partial charge on any atom is 0.111 e. The molecule has 1 heterocycles. The maximum absolute atomic E-state index is 5.58. The Balaban J connectivity index is 2.10. The van der Waals surface area contributed by atoms with E-state index in [-0.39, 0.29) is 0 Å². The molecule has 3 aromatic rings. The van der Waals surface area contributed by atoms with Gasteiger partial charge in [-0.2, -0.15) is 0 Å². The molecule has 3 heteroatoms. The molecule has 3 rings (SSSR count). The van der Waals surface area contributed by atoms with Crippen molar-refractivity contribution in [3.63, 3.8) is 0 Å². The number of hydrogen-bond donors (Lipinski definition) is 1. The molecule has 0 unspecified atom stereocenters. The van der Waals surface area contributed by atoms with E-state index in [1.165, 1.54) is 5.56 Å². The fourth-order valence-corrected chi connectivity index (χ4v) is 2.45. The lowest BCUT2D eigenvalue weighted by Crippen LogP contribution is -2.03. The normalized spacial score (nSPS) is 11.1. The van der Waals surface area contributed by atoms with Gasteiger partial charge in [-0.05, 0) is 49.7 Å². The molecular formula is C16H17N3. The zero-order valence-corrected chi connectivity index (χ0v) is 11.0. The number of nitrogens with two attached hydrogens (primary N) is 1. The third-order valence-electron chi connectivity index (χ3n) is 3.36. The summed E-state index contributed by atoms with van der Waals surface area (Å²) in [5.41, 5.74) is 10.2. The van der Waals surface area contributed by atoms with Gasteiger partial charge in [-0.15, -0.1) is 0 Å². The predicted molar refractivity (Wildman–Crippen MR) is 78.6 cm³/mol. The van der Waals surface area contributed by atoms with E-state index < -0.39 is 0 Å². The van der Waals surface area contributed by atoms with Crippen LogP contribution in [0.5, 0.6) is 0 Å². The summed E-state index contributed by atoms with van der Waals surface area (Å²) in [5.74, 6) is 1.01. The number of hydrogen-bond acceptors (Lipinski definition) is 2. The smallest absolute Gasteiger partial charge is 0.111 e. The number of fused-ring (bicyclic) bond motifs is 1. The largest absolute Gasteiger partial charge is 0.330 e. The molecule has 0 fully saturated rings. The summed E-state index contributed by atoms with van der Waals surface area (Å²) < 4.78 is 2.18. The molecule has 0 amide bonds. The van der Waals surface area contributed by atoms with Crippen molar-refractivity contribution in [3.05, 3.63) is 59.9 Å². The number of aromatic nitrogens is 2. The maximum atomic E-state index is 5.58. The third kappa shape index (κ3) is 2.13. The van der Waals surface area contributed by atoms with Gasteiger partial charge in [0.05, 0.1) is 11.0 Å². The fraction of sp³-hybridized carbons (Fsp3) is 0.188. The van der Waals surface area contributed by atoms with Crippen molar-refractivity contribution in [2.45, 2.75) is 13.3 Å². The van der Waals surface area contributed by atoms with Crippen LogP contribution in [0.3, 0.4) is 0 Å². The Labute approximate surface area is 112 Å². The van der Waals surface area contributed by atoms with E-state index in [4.69, 9.17) is 5.73 Å². The summed E-state index contributed by atoms with van der Waals surface area (Å²) >= 11 is 0.